The number of carbonyl (C=O) groups excluding carboxylic acids is 1. The van der Waals surface area contributed by atoms with E-state index in [0.717, 1.165) is 17.0 Å². The molecule has 31 heavy (non-hydrogen) atoms. The van der Waals surface area contributed by atoms with Crippen LogP contribution >= 0.6 is 11.8 Å². The van der Waals surface area contributed by atoms with Crippen molar-refractivity contribution in [1.82, 2.24) is 9.29 Å². The van der Waals surface area contributed by atoms with Crippen LogP contribution in [-0.4, -0.2) is 53.9 Å². The Morgan fingerprint density at radius 2 is 1.81 bits per heavy atom. The molecule has 1 saturated heterocycles. The lowest BCUT2D eigenvalue weighted by Crippen LogP contribution is -2.58. The van der Waals surface area contributed by atoms with Crippen molar-refractivity contribution in [3.63, 3.8) is 0 Å². The normalized spacial score (nSPS) is 19.1. The number of hydrogen-bond acceptors (Lipinski definition) is 7. The highest BCUT2D eigenvalue weighted by Gasteiger charge is 2.48. The van der Waals surface area contributed by atoms with E-state index in [0.29, 0.717) is 18.1 Å². The first-order valence-corrected chi connectivity index (χ1v) is 12.4. The molecule has 0 unspecified atom stereocenters. The molecule has 1 aliphatic rings. The largest absolute Gasteiger partial charge is 0.489 e. The Morgan fingerprint density at radius 3 is 2.39 bits per heavy atom. The number of thioether (sulfide) groups is 1. The zero-order valence-corrected chi connectivity index (χ0v) is 20.0. The van der Waals surface area contributed by atoms with Gasteiger partial charge >= 0.3 is 5.97 Å². The van der Waals surface area contributed by atoms with Gasteiger partial charge in [-0.15, -0.1) is 0 Å². The molecule has 0 spiro atoms. The molecule has 7 nitrogen and oxygen atoms in total. The van der Waals surface area contributed by atoms with Crippen LogP contribution in [0.3, 0.4) is 0 Å². The summed E-state index contributed by atoms with van der Waals surface area (Å²) in [6, 6.07) is 9.29. The smallest absolute Gasteiger partial charge is 0.325 e. The second-order valence-electron chi connectivity index (χ2n) is 8.01. The lowest BCUT2D eigenvalue weighted by molar-refractivity contribution is -0.146. The van der Waals surface area contributed by atoms with Gasteiger partial charge in [0.15, 0.2) is 0 Å². The summed E-state index contributed by atoms with van der Waals surface area (Å²) in [4.78, 5) is 16.9. The number of methoxy groups -OCH3 is 1. The summed E-state index contributed by atoms with van der Waals surface area (Å²) in [5, 5.41) is 0. The topological polar surface area (TPSA) is 85.8 Å². The molecule has 0 bridgehead atoms. The fourth-order valence-corrected chi connectivity index (χ4v) is 6.83. The van der Waals surface area contributed by atoms with E-state index in [4.69, 9.17) is 9.47 Å². The third-order valence-corrected chi connectivity index (χ3v) is 8.37. The lowest BCUT2D eigenvalue weighted by Gasteiger charge is -2.43. The van der Waals surface area contributed by atoms with Crippen LogP contribution < -0.4 is 4.74 Å². The van der Waals surface area contributed by atoms with E-state index in [2.05, 4.69) is 4.98 Å². The molecular formula is C22H28N2O5S2. The Bertz CT molecular complexity index is 1030. The summed E-state index contributed by atoms with van der Waals surface area (Å²) in [5.41, 5.74) is 2.83. The van der Waals surface area contributed by atoms with Gasteiger partial charge in [0.25, 0.3) is 0 Å². The van der Waals surface area contributed by atoms with E-state index >= 15 is 0 Å². The first-order valence-electron chi connectivity index (χ1n) is 9.95. The number of ether oxygens (including phenoxy) is 2. The number of aryl methyl sites for hydroxylation is 2. The van der Waals surface area contributed by atoms with Crippen LogP contribution in [0.15, 0.2) is 41.3 Å². The van der Waals surface area contributed by atoms with Crippen LogP contribution in [0.2, 0.25) is 0 Å². The first-order chi connectivity index (χ1) is 14.5. The van der Waals surface area contributed by atoms with Gasteiger partial charge in [-0.3, -0.25) is 9.78 Å². The second kappa shape index (κ2) is 9.18. The van der Waals surface area contributed by atoms with E-state index in [1.807, 2.05) is 39.8 Å². The highest BCUT2D eigenvalue weighted by atomic mass is 32.2. The minimum absolute atomic E-state index is 0.118. The average molecular weight is 465 g/mol. The number of rotatable bonds is 6. The highest BCUT2D eigenvalue weighted by Crippen LogP contribution is 2.38. The minimum Gasteiger partial charge on any atom is -0.489 e. The summed E-state index contributed by atoms with van der Waals surface area (Å²) in [5.74, 6) is 0.611. The van der Waals surface area contributed by atoms with Crippen molar-refractivity contribution in [2.24, 2.45) is 0 Å². The van der Waals surface area contributed by atoms with Crippen LogP contribution in [0.5, 0.6) is 5.75 Å². The van der Waals surface area contributed by atoms with Crippen molar-refractivity contribution in [2.45, 2.75) is 50.0 Å². The molecule has 2 heterocycles. The van der Waals surface area contributed by atoms with Gasteiger partial charge in [-0.05, 0) is 69.7 Å². The summed E-state index contributed by atoms with van der Waals surface area (Å²) >= 11 is 1.56. The molecule has 0 N–H and O–H groups in total. The molecule has 0 aliphatic carbocycles. The van der Waals surface area contributed by atoms with Crippen molar-refractivity contribution < 1.29 is 22.7 Å². The molecule has 9 heteroatoms. The Labute approximate surface area is 188 Å². The third kappa shape index (κ3) is 5.22. The monoisotopic (exact) mass is 464 g/mol. The Balaban J connectivity index is 1.79. The molecule has 168 valence electrons. The maximum Gasteiger partial charge on any atom is 0.325 e. The molecular weight excluding hydrogens is 436 g/mol. The van der Waals surface area contributed by atoms with E-state index in [-0.39, 0.29) is 11.4 Å². The van der Waals surface area contributed by atoms with Gasteiger partial charge in [-0.1, -0.05) is 0 Å². The first kappa shape index (κ1) is 23.6. The molecule has 1 aromatic carbocycles. The number of esters is 1. The Kier molecular flexibility index (Phi) is 6.98. The number of pyridine rings is 1. The number of benzene rings is 1. The van der Waals surface area contributed by atoms with Crippen LogP contribution in [0.25, 0.3) is 0 Å². The summed E-state index contributed by atoms with van der Waals surface area (Å²) in [7, 11) is -2.60. The van der Waals surface area contributed by atoms with Gasteiger partial charge in [0.2, 0.25) is 10.0 Å². The summed E-state index contributed by atoms with van der Waals surface area (Å²) < 4.78 is 38.1. The standard InChI is InChI=1S/C22H28N2O5S2/c1-15-12-17(13-16(2)23-15)14-29-18-6-8-19(9-7-18)31(26,27)24-10-11-30-22(3,4)20(24)21(25)28-5/h6-9,12-13,20H,10-11,14H2,1-5H3/t20-/m0/s1. The fourth-order valence-electron chi connectivity index (χ4n) is 3.74. The van der Waals surface area contributed by atoms with E-state index in [9.17, 15) is 13.2 Å². The molecule has 1 aliphatic heterocycles. The van der Waals surface area contributed by atoms with Crippen LogP contribution in [0.1, 0.15) is 30.8 Å². The number of sulfonamides is 1. The number of aromatic nitrogens is 1. The molecule has 0 radical (unpaired) electrons. The van der Waals surface area contributed by atoms with Crippen molar-refractivity contribution in [1.29, 1.82) is 0 Å². The molecule has 0 saturated carbocycles. The minimum atomic E-state index is -3.88. The Morgan fingerprint density at radius 1 is 1.19 bits per heavy atom. The lowest BCUT2D eigenvalue weighted by atomic mass is 10.0. The predicted octanol–water partition coefficient (Wildman–Crippen LogP) is 3.34. The molecule has 3 rings (SSSR count). The SMILES string of the molecule is COC(=O)[C@@H]1N(S(=O)(=O)c2ccc(OCc3cc(C)nc(C)c3)cc2)CCSC1(C)C. The maximum atomic E-state index is 13.3. The predicted molar refractivity (Wildman–Crippen MR) is 121 cm³/mol. The van der Waals surface area contributed by atoms with Crippen molar-refractivity contribution >= 4 is 27.8 Å². The molecule has 1 aromatic heterocycles. The molecule has 0 amide bonds. The van der Waals surface area contributed by atoms with Gasteiger partial charge in [-0.25, -0.2) is 8.42 Å². The molecule has 2 aromatic rings. The zero-order valence-electron chi connectivity index (χ0n) is 18.4. The van der Waals surface area contributed by atoms with Gasteiger partial charge in [0, 0.05) is 28.4 Å². The van der Waals surface area contributed by atoms with Gasteiger partial charge < -0.3 is 9.47 Å². The van der Waals surface area contributed by atoms with Crippen molar-refractivity contribution in [3.8, 4) is 5.75 Å². The quantitative estimate of drug-likeness (QED) is 0.606. The molecule has 1 fully saturated rings. The van der Waals surface area contributed by atoms with Crippen molar-refractivity contribution in [3.05, 3.63) is 53.3 Å². The van der Waals surface area contributed by atoms with E-state index in [1.54, 1.807) is 23.9 Å². The van der Waals surface area contributed by atoms with Crippen LogP contribution in [0.4, 0.5) is 0 Å². The van der Waals surface area contributed by atoms with E-state index < -0.39 is 26.8 Å². The van der Waals surface area contributed by atoms with Gasteiger partial charge in [0.1, 0.15) is 18.4 Å². The van der Waals surface area contributed by atoms with Crippen LogP contribution in [-0.2, 0) is 26.2 Å². The third-order valence-electron chi connectivity index (χ3n) is 5.13. The summed E-state index contributed by atoms with van der Waals surface area (Å²) in [6.45, 7) is 8.19. The van der Waals surface area contributed by atoms with Gasteiger partial charge in [0.05, 0.1) is 12.0 Å². The number of carbonyl (C=O) groups is 1. The Hall–Kier alpha value is -2.10. The zero-order chi connectivity index (χ0) is 22.8. The van der Waals surface area contributed by atoms with Crippen LogP contribution in [0, 0.1) is 13.8 Å². The average Bonchev–Trinajstić information content (AvgIpc) is 2.70. The van der Waals surface area contributed by atoms with Crippen molar-refractivity contribution in [2.75, 3.05) is 19.4 Å². The number of hydrogen-bond donors (Lipinski definition) is 0. The fraction of sp³-hybridized carbons (Fsp3) is 0.455. The highest BCUT2D eigenvalue weighted by molar-refractivity contribution is 8.00. The number of nitrogens with zero attached hydrogens (tertiary/aromatic N) is 2. The maximum absolute atomic E-state index is 13.3. The van der Waals surface area contributed by atoms with Gasteiger partial charge in [-0.2, -0.15) is 16.1 Å². The van der Waals surface area contributed by atoms with E-state index in [1.165, 1.54) is 23.5 Å². The second-order valence-corrected chi connectivity index (χ2v) is 11.7. The molecule has 1 atom stereocenters. The summed E-state index contributed by atoms with van der Waals surface area (Å²) in [6.07, 6.45) is 0.